The molecule has 0 saturated carbocycles. The number of hydrogen-bond acceptors (Lipinski definition) is 5. The number of anilines is 1. The normalized spacial score (nSPS) is 12.2. The average molecular weight is 252 g/mol. The zero-order valence-corrected chi connectivity index (χ0v) is 10.8. The van der Waals surface area contributed by atoms with Crippen LogP contribution in [0.3, 0.4) is 0 Å². The number of esters is 1. The Labute approximate surface area is 107 Å². The first-order valence-electron chi connectivity index (χ1n) is 5.95. The van der Waals surface area contributed by atoms with E-state index in [0.717, 1.165) is 11.1 Å². The van der Waals surface area contributed by atoms with Crippen molar-refractivity contribution in [2.45, 2.75) is 26.4 Å². The van der Waals surface area contributed by atoms with E-state index in [2.05, 4.69) is 5.32 Å². The van der Waals surface area contributed by atoms with Crippen LogP contribution in [-0.4, -0.2) is 30.3 Å². The first-order valence-corrected chi connectivity index (χ1v) is 5.95. The lowest BCUT2D eigenvalue weighted by Crippen LogP contribution is -2.40. The van der Waals surface area contributed by atoms with Gasteiger partial charge in [-0.15, -0.1) is 0 Å². The number of benzene rings is 1. The topological polar surface area (TPSA) is 84.6 Å². The fourth-order valence-electron chi connectivity index (χ4n) is 1.66. The van der Waals surface area contributed by atoms with Gasteiger partial charge in [0.05, 0.1) is 13.2 Å². The Balaban J connectivity index is 2.65. The predicted molar refractivity (Wildman–Crippen MR) is 69.9 cm³/mol. The van der Waals surface area contributed by atoms with Gasteiger partial charge < -0.3 is 15.6 Å². The molecule has 0 unspecified atom stereocenters. The summed E-state index contributed by atoms with van der Waals surface area (Å²) in [6.07, 6.45) is 0. The van der Waals surface area contributed by atoms with Crippen molar-refractivity contribution in [3.63, 3.8) is 0 Å². The number of ether oxygens (including phenoxy) is 1. The largest absolute Gasteiger partial charge is 0.465 e. The van der Waals surface area contributed by atoms with Crippen LogP contribution in [0.1, 0.15) is 18.1 Å². The van der Waals surface area contributed by atoms with Crippen LogP contribution in [0.4, 0.5) is 5.69 Å². The van der Waals surface area contributed by atoms with E-state index in [-0.39, 0.29) is 6.61 Å². The first-order chi connectivity index (χ1) is 8.60. The van der Waals surface area contributed by atoms with Crippen molar-refractivity contribution < 1.29 is 14.6 Å². The zero-order valence-electron chi connectivity index (χ0n) is 10.8. The van der Waals surface area contributed by atoms with Crippen molar-refractivity contribution in [2.24, 2.45) is 0 Å². The lowest BCUT2D eigenvalue weighted by atomic mass is 10.1. The number of nitrogens with two attached hydrogens (primary N) is 1. The van der Waals surface area contributed by atoms with Crippen LogP contribution in [0.25, 0.3) is 0 Å². The number of aliphatic hydroxyl groups excluding tert-OH is 1. The summed E-state index contributed by atoms with van der Waals surface area (Å²) in [6, 6.07) is 4.92. The quantitative estimate of drug-likeness (QED) is 0.510. The van der Waals surface area contributed by atoms with E-state index in [9.17, 15) is 4.79 Å². The van der Waals surface area contributed by atoms with Crippen molar-refractivity contribution in [1.82, 2.24) is 5.32 Å². The lowest BCUT2D eigenvalue weighted by Gasteiger charge is -2.16. The average Bonchev–Trinajstić information content (AvgIpc) is 2.33. The molecular weight excluding hydrogens is 232 g/mol. The second kappa shape index (κ2) is 6.98. The molecular formula is C13H20N2O3. The number of rotatable bonds is 6. The summed E-state index contributed by atoms with van der Waals surface area (Å²) in [5.41, 5.74) is 8.51. The Kier molecular flexibility index (Phi) is 5.61. The van der Waals surface area contributed by atoms with Crippen molar-refractivity contribution in [3.8, 4) is 0 Å². The lowest BCUT2D eigenvalue weighted by molar-refractivity contribution is -0.146. The summed E-state index contributed by atoms with van der Waals surface area (Å²) < 4.78 is 4.85. The summed E-state index contributed by atoms with van der Waals surface area (Å²) in [4.78, 5) is 11.5. The highest BCUT2D eigenvalue weighted by Crippen LogP contribution is 2.15. The van der Waals surface area contributed by atoms with E-state index in [1.165, 1.54) is 0 Å². The zero-order chi connectivity index (χ0) is 13.5. The van der Waals surface area contributed by atoms with E-state index < -0.39 is 12.0 Å². The minimum Gasteiger partial charge on any atom is -0.465 e. The highest BCUT2D eigenvalue weighted by Gasteiger charge is 2.18. The number of hydrogen-bond donors (Lipinski definition) is 3. The second-order valence-corrected chi connectivity index (χ2v) is 4.01. The minimum absolute atomic E-state index is 0.295. The molecule has 5 heteroatoms. The maximum absolute atomic E-state index is 11.5. The molecule has 1 aromatic rings. The summed E-state index contributed by atoms with van der Waals surface area (Å²) in [6.45, 7) is 4.09. The maximum Gasteiger partial charge on any atom is 0.325 e. The van der Waals surface area contributed by atoms with Gasteiger partial charge in [-0.05, 0) is 31.0 Å². The smallest absolute Gasteiger partial charge is 0.325 e. The maximum atomic E-state index is 11.5. The molecule has 1 rings (SSSR count). The molecule has 0 spiro atoms. The molecule has 0 amide bonds. The fraction of sp³-hybridized carbons (Fsp3) is 0.462. The molecule has 0 radical (unpaired) electrons. The van der Waals surface area contributed by atoms with Crippen LogP contribution in [-0.2, 0) is 16.1 Å². The Morgan fingerprint density at radius 3 is 2.83 bits per heavy atom. The van der Waals surface area contributed by atoms with E-state index in [1.807, 2.05) is 25.1 Å². The molecule has 4 N–H and O–H groups in total. The minimum atomic E-state index is -0.719. The van der Waals surface area contributed by atoms with Crippen LogP contribution in [0.5, 0.6) is 0 Å². The third-order valence-electron chi connectivity index (χ3n) is 2.73. The summed E-state index contributed by atoms with van der Waals surface area (Å²) in [7, 11) is 0. The first kappa shape index (κ1) is 14.5. The molecule has 18 heavy (non-hydrogen) atoms. The van der Waals surface area contributed by atoms with Gasteiger partial charge in [-0.1, -0.05) is 12.1 Å². The number of carbonyl (C=O) groups excluding carboxylic acids is 1. The fourth-order valence-corrected chi connectivity index (χ4v) is 1.66. The van der Waals surface area contributed by atoms with Gasteiger partial charge in [0.25, 0.3) is 0 Å². The van der Waals surface area contributed by atoms with E-state index in [1.54, 1.807) is 6.92 Å². The number of aliphatic hydroxyl groups is 1. The molecule has 5 nitrogen and oxygen atoms in total. The van der Waals surface area contributed by atoms with Crippen LogP contribution in [0, 0.1) is 6.92 Å². The van der Waals surface area contributed by atoms with Crippen LogP contribution >= 0.6 is 0 Å². The molecule has 0 aliphatic heterocycles. The van der Waals surface area contributed by atoms with Gasteiger partial charge in [0.1, 0.15) is 6.04 Å². The predicted octanol–water partition coefficient (Wildman–Crippen LogP) is 0.591. The molecule has 0 aliphatic carbocycles. The van der Waals surface area contributed by atoms with E-state index in [4.69, 9.17) is 15.6 Å². The number of aryl methyl sites for hydroxylation is 1. The van der Waals surface area contributed by atoms with Gasteiger partial charge in [-0.25, -0.2) is 0 Å². The van der Waals surface area contributed by atoms with Crippen molar-refractivity contribution in [2.75, 3.05) is 18.9 Å². The highest BCUT2D eigenvalue weighted by molar-refractivity contribution is 5.75. The number of nitrogen functional groups attached to an aromatic ring is 1. The molecule has 0 saturated heterocycles. The third kappa shape index (κ3) is 3.72. The van der Waals surface area contributed by atoms with Gasteiger partial charge in [0.2, 0.25) is 0 Å². The van der Waals surface area contributed by atoms with Crippen LogP contribution < -0.4 is 11.1 Å². The Hall–Kier alpha value is -1.59. The van der Waals surface area contributed by atoms with Crippen molar-refractivity contribution >= 4 is 11.7 Å². The Morgan fingerprint density at radius 1 is 1.56 bits per heavy atom. The van der Waals surface area contributed by atoms with Crippen molar-refractivity contribution in [1.29, 1.82) is 0 Å². The summed E-state index contributed by atoms with van der Waals surface area (Å²) in [5.74, 6) is -0.452. The second-order valence-electron chi connectivity index (χ2n) is 4.01. The van der Waals surface area contributed by atoms with Gasteiger partial charge in [0, 0.05) is 12.2 Å². The molecule has 1 atom stereocenters. The number of nitrogens with one attached hydrogen (secondary N) is 1. The van der Waals surface area contributed by atoms with E-state index >= 15 is 0 Å². The highest BCUT2D eigenvalue weighted by atomic mass is 16.5. The molecule has 100 valence electrons. The van der Waals surface area contributed by atoms with Gasteiger partial charge in [-0.3, -0.25) is 10.1 Å². The molecule has 0 aliphatic rings. The van der Waals surface area contributed by atoms with Crippen molar-refractivity contribution in [3.05, 3.63) is 29.3 Å². The number of carbonyl (C=O) groups is 1. The molecule has 1 aromatic carbocycles. The monoisotopic (exact) mass is 252 g/mol. The standard InChI is InChI=1S/C13H20N2O3/c1-3-18-13(17)12(8-16)15-7-10-9(2)5-4-6-11(10)14/h4-6,12,15-16H,3,7-8,14H2,1-2H3/t12-/m0/s1. The molecule has 0 heterocycles. The van der Waals surface area contributed by atoms with Crippen LogP contribution in [0.2, 0.25) is 0 Å². The Bertz CT molecular complexity index is 387. The third-order valence-corrected chi connectivity index (χ3v) is 2.73. The van der Waals surface area contributed by atoms with Gasteiger partial charge in [0.15, 0.2) is 0 Å². The molecule has 0 fully saturated rings. The van der Waals surface area contributed by atoms with Gasteiger partial charge >= 0.3 is 5.97 Å². The summed E-state index contributed by atoms with van der Waals surface area (Å²) in [5, 5.41) is 12.1. The Morgan fingerprint density at radius 2 is 2.28 bits per heavy atom. The van der Waals surface area contributed by atoms with Gasteiger partial charge in [-0.2, -0.15) is 0 Å². The molecule has 0 aromatic heterocycles. The SMILES string of the molecule is CCOC(=O)[C@H](CO)NCc1c(C)cccc1N. The molecule has 0 bridgehead atoms. The van der Waals surface area contributed by atoms with E-state index in [0.29, 0.717) is 18.8 Å². The summed E-state index contributed by atoms with van der Waals surface area (Å²) >= 11 is 0. The van der Waals surface area contributed by atoms with Crippen LogP contribution in [0.15, 0.2) is 18.2 Å².